The Morgan fingerprint density at radius 1 is 1.22 bits per heavy atom. The molecule has 8 heteroatoms. The first-order valence-corrected chi connectivity index (χ1v) is 9.23. The molecule has 0 radical (unpaired) electrons. The summed E-state index contributed by atoms with van der Waals surface area (Å²) in [7, 11) is 0. The molecule has 2 N–H and O–H groups in total. The van der Waals surface area contributed by atoms with Crippen molar-refractivity contribution in [2.24, 2.45) is 11.8 Å². The number of carbonyl (C=O) groups excluding carboxylic acids is 2. The minimum absolute atomic E-state index is 0.0100. The van der Waals surface area contributed by atoms with Crippen molar-refractivity contribution in [2.45, 2.75) is 44.9 Å². The van der Waals surface area contributed by atoms with E-state index in [1.54, 1.807) is 11.8 Å². The van der Waals surface area contributed by atoms with Gasteiger partial charge in [0.2, 0.25) is 5.78 Å². The number of halogens is 3. The van der Waals surface area contributed by atoms with Crippen LogP contribution in [0.5, 0.6) is 0 Å². The van der Waals surface area contributed by atoms with Gasteiger partial charge in [-0.25, -0.2) is 5.43 Å². The van der Waals surface area contributed by atoms with Gasteiger partial charge in [0.15, 0.2) is 0 Å². The van der Waals surface area contributed by atoms with Gasteiger partial charge in [-0.1, -0.05) is 26.0 Å². The lowest BCUT2D eigenvalue weighted by Gasteiger charge is -2.36. The highest BCUT2D eigenvalue weighted by Crippen LogP contribution is 2.35. The molecule has 2 aliphatic heterocycles. The van der Waals surface area contributed by atoms with Crippen molar-refractivity contribution >= 4 is 11.7 Å². The standard InChI is InChI=1S/C19H24F3N3O2/c1-3-11(2)17(26)18(27)25-9-8-15-14(10-25)16(24-23-15)12-4-6-13(7-5-12)19(20,21)22/h4-7,11,14-16,23-24H,3,8-10H2,1-2H3. The number of nitrogens with one attached hydrogen (secondary N) is 2. The minimum atomic E-state index is -4.37. The molecule has 0 aromatic heterocycles. The number of Topliss-reactive ketones (excluding diaryl/α,β-unsaturated/α-hetero) is 1. The molecule has 1 aromatic rings. The molecule has 4 atom stereocenters. The molecule has 5 nitrogen and oxygen atoms in total. The number of likely N-dealkylation sites (tertiary alicyclic amines) is 1. The molecule has 3 rings (SSSR count). The highest BCUT2D eigenvalue weighted by molar-refractivity contribution is 6.36. The summed E-state index contributed by atoms with van der Waals surface area (Å²) in [6.45, 7) is 4.51. The number of piperidine rings is 1. The lowest BCUT2D eigenvalue weighted by Crippen LogP contribution is -2.50. The monoisotopic (exact) mass is 383 g/mol. The van der Waals surface area contributed by atoms with Gasteiger partial charge in [-0.2, -0.15) is 13.2 Å². The summed E-state index contributed by atoms with van der Waals surface area (Å²) in [5, 5.41) is 0. The number of carbonyl (C=O) groups is 2. The first kappa shape index (κ1) is 19.8. The third-order valence-electron chi connectivity index (χ3n) is 5.67. The van der Waals surface area contributed by atoms with Crippen LogP contribution in [0.25, 0.3) is 0 Å². The molecule has 27 heavy (non-hydrogen) atoms. The predicted molar refractivity (Wildman–Crippen MR) is 93.4 cm³/mol. The number of hydrogen-bond acceptors (Lipinski definition) is 4. The van der Waals surface area contributed by atoms with E-state index in [4.69, 9.17) is 0 Å². The third-order valence-corrected chi connectivity index (χ3v) is 5.67. The lowest BCUT2D eigenvalue weighted by atomic mass is 9.84. The molecule has 0 bridgehead atoms. The van der Waals surface area contributed by atoms with E-state index in [2.05, 4.69) is 10.9 Å². The molecule has 2 heterocycles. The average molecular weight is 383 g/mol. The number of benzene rings is 1. The van der Waals surface area contributed by atoms with Gasteiger partial charge < -0.3 is 4.90 Å². The number of amides is 1. The fourth-order valence-corrected chi connectivity index (χ4v) is 3.75. The van der Waals surface area contributed by atoms with Crippen LogP contribution in [0, 0.1) is 11.8 Å². The van der Waals surface area contributed by atoms with Gasteiger partial charge in [-0.05, 0) is 30.5 Å². The van der Waals surface area contributed by atoms with Crippen molar-refractivity contribution < 1.29 is 22.8 Å². The molecule has 0 spiro atoms. The quantitative estimate of drug-likeness (QED) is 0.785. The number of hydrogen-bond donors (Lipinski definition) is 2. The van der Waals surface area contributed by atoms with E-state index in [9.17, 15) is 22.8 Å². The molecule has 1 aromatic carbocycles. The van der Waals surface area contributed by atoms with Crippen LogP contribution in [0.2, 0.25) is 0 Å². The van der Waals surface area contributed by atoms with Crippen LogP contribution in [-0.2, 0) is 15.8 Å². The highest BCUT2D eigenvalue weighted by Gasteiger charge is 2.43. The Hall–Kier alpha value is -1.93. The van der Waals surface area contributed by atoms with Gasteiger partial charge in [0.25, 0.3) is 5.91 Å². The molecular weight excluding hydrogens is 359 g/mol. The third kappa shape index (κ3) is 4.01. The van der Waals surface area contributed by atoms with Crippen molar-refractivity contribution in [2.75, 3.05) is 13.1 Å². The van der Waals surface area contributed by atoms with E-state index in [1.807, 2.05) is 6.92 Å². The largest absolute Gasteiger partial charge is 0.416 e. The zero-order valence-electron chi connectivity index (χ0n) is 15.3. The number of nitrogens with zero attached hydrogens (tertiary/aromatic N) is 1. The Balaban J connectivity index is 1.73. The van der Waals surface area contributed by atoms with Gasteiger partial charge in [-0.3, -0.25) is 15.0 Å². The van der Waals surface area contributed by atoms with Gasteiger partial charge in [0.05, 0.1) is 11.6 Å². The summed E-state index contributed by atoms with van der Waals surface area (Å²) in [4.78, 5) is 26.3. The zero-order chi connectivity index (χ0) is 19.8. The summed E-state index contributed by atoms with van der Waals surface area (Å²) in [5.41, 5.74) is 6.36. The zero-order valence-corrected chi connectivity index (χ0v) is 15.3. The van der Waals surface area contributed by atoms with Crippen molar-refractivity contribution in [1.29, 1.82) is 0 Å². The van der Waals surface area contributed by atoms with Crippen LogP contribution in [-0.4, -0.2) is 35.7 Å². The van der Waals surface area contributed by atoms with Crippen molar-refractivity contribution in [3.05, 3.63) is 35.4 Å². The maximum Gasteiger partial charge on any atom is 0.416 e. The van der Waals surface area contributed by atoms with Gasteiger partial charge in [-0.15, -0.1) is 0 Å². The van der Waals surface area contributed by atoms with Crippen LogP contribution >= 0.6 is 0 Å². The van der Waals surface area contributed by atoms with Crippen molar-refractivity contribution in [1.82, 2.24) is 15.8 Å². The Morgan fingerprint density at radius 3 is 2.48 bits per heavy atom. The second-order valence-electron chi connectivity index (χ2n) is 7.37. The van der Waals surface area contributed by atoms with Gasteiger partial charge in [0.1, 0.15) is 0 Å². The van der Waals surface area contributed by atoms with Crippen molar-refractivity contribution in [3.8, 4) is 0 Å². The fourth-order valence-electron chi connectivity index (χ4n) is 3.75. The fraction of sp³-hybridized carbons (Fsp3) is 0.579. The van der Waals surface area contributed by atoms with E-state index >= 15 is 0 Å². The van der Waals surface area contributed by atoms with E-state index < -0.39 is 17.6 Å². The molecule has 148 valence electrons. The second-order valence-corrected chi connectivity index (χ2v) is 7.37. The van der Waals surface area contributed by atoms with E-state index in [0.29, 0.717) is 25.9 Å². The number of rotatable bonds is 4. The molecule has 0 aliphatic carbocycles. The van der Waals surface area contributed by atoms with Crippen molar-refractivity contribution in [3.63, 3.8) is 0 Å². The van der Waals surface area contributed by atoms with Crippen LogP contribution in [0.4, 0.5) is 13.2 Å². The average Bonchev–Trinajstić information content (AvgIpc) is 3.08. The first-order valence-electron chi connectivity index (χ1n) is 9.23. The van der Waals surface area contributed by atoms with E-state index in [0.717, 1.165) is 17.7 Å². The maximum atomic E-state index is 12.8. The minimum Gasteiger partial charge on any atom is -0.336 e. The predicted octanol–water partition coefficient (Wildman–Crippen LogP) is 2.69. The number of hydrazine groups is 1. The Morgan fingerprint density at radius 2 is 1.89 bits per heavy atom. The Kier molecular flexibility index (Phi) is 5.58. The van der Waals surface area contributed by atoms with Crippen LogP contribution < -0.4 is 10.9 Å². The Labute approximate surface area is 156 Å². The molecule has 4 unspecified atom stereocenters. The number of ketones is 1. The summed E-state index contributed by atoms with van der Waals surface area (Å²) in [5.74, 6) is -1.15. The normalized spacial score (nSPS) is 26.6. The first-order chi connectivity index (χ1) is 12.7. The van der Waals surface area contributed by atoms with Crippen LogP contribution in [0.1, 0.15) is 43.9 Å². The highest BCUT2D eigenvalue weighted by atomic mass is 19.4. The molecular formula is C19H24F3N3O2. The SMILES string of the molecule is CCC(C)C(=O)C(=O)N1CCC2NNC(c3ccc(C(F)(F)F)cc3)C2C1. The summed E-state index contributed by atoms with van der Waals surface area (Å²) in [6, 6.07) is 4.97. The maximum absolute atomic E-state index is 12.8. The number of fused-ring (bicyclic) bond motifs is 1. The second kappa shape index (κ2) is 7.59. The molecule has 0 saturated carbocycles. The van der Waals surface area contributed by atoms with E-state index in [1.165, 1.54) is 12.1 Å². The smallest absolute Gasteiger partial charge is 0.336 e. The summed E-state index contributed by atoms with van der Waals surface area (Å²) >= 11 is 0. The van der Waals surface area contributed by atoms with E-state index in [-0.39, 0.29) is 29.7 Å². The van der Waals surface area contributed by atoms with Crippen LogP contribution in [0.3, 0.4) is 0 Å². The Bertz CT molecular complexity index is 705. The molecule has 2 aliphatic rings. The lowest BCUT2D eigenvalue weighted by molar-refractivity contribution is -0.147. The van der Waals surface area contributed by atoms with Gasteiger partial charge in [0, 0.05) is 31.0 Å². The summed E-state index contributed by atoms with van der Waals surface area (Å²) < 4.78 is 38.3. The molecule has 2 saturated heterocycles. The van der Waals surface area contributed by atoms with Gasteiger partial charge >= 0.3 is 6.18 Å². The molecule has 2 fully saturated rings. The molecule has 1 amide bonds. The van der Waals surface area contributed by atoms with Crippen LogP contribution in [0.15, 0.2) is 24.3 Å². The number of alkyl halides is 3. The topological polar surface area (TPSA) is 61.4 Å². The summed E-state index contributed by atoms with van der Waals surface area (Å²) in [6.07, 6.45) is -3.07.